The number of quaternary nitrogens is 1. The van der Waals surface area contributed by atoms with Gasteiger partial charge in [0.2, 0.25) is 0 Å². The molecule has 1 atom stereocenters. The van der Waals surface area contributed by atoms with Crippen molar-refractivity contribution in [1.82, 2.24) is 9.88 Å². The summed E-state index contributed by atoms with van der Waals surface area (Å²) in [6.07, 6.45) is 2.03. The summed E-state index contributed by atoms with van der Waals surface area (Å²) in [6.45, 7) is 4.35. The zero-order valence-electron chi connectivity index (χ0n) is 15.7. The molecule has 2 N–H and O–H groups in total. The molecule has 1 aromatic heterocycles. The second-order valence-corrected chi connectivity index (χ2v) is 8.38. The van der Waals surface area contributed by atoms with Crippen LogP contribution in [0.15, 0.2) is 54.6 Å². The lowest BCUT2D eigenvalue weighted by atomic mass is 9.97. The summed E-state index contributed by atoms with van der Waals surface area (Å²) in [5.41, 5.74) is 2.36. The molecule has 1 saturated heterocycles. The van der Waals surface area contributed by atoms with Crippen LogP contribution in [0.5, 0.6) is 0 Å². The van der Waals surface area contributed by atoms with E-state index in [1.165, 1.54) is 15.3 Å². The lowest BCUT2D eigenvalue weighted by molar-refractivity contribution is -0.683. The van der Waals surface area contributed by atoms with E-state index >= 15 is 0 Å². The Kier molecular flexibility index (Phi) is 5.50. The minimum absolute atomic E-state index is 0.250. The third-order valence-corrected chi connectivity index (χ3v) is 6.68. The molecule has 1 aliphatic heterocycles. The Morgan fingerprint density at radius 2 is 1.85 bits per heavy atom. The number of nitrogens with two attached hydrogens (primary N) is 1. The average molecular weight is 381 g/mol. The molecule has 4 nitrogen and oxygen atoms in total. The summed E-state index contributed by atoms with van der Waals surface area (Å²) >= 11 is 1.80. The van der Waals surface area contributed by atoms with E-state index in [2.05, 4.69) is 42.6 Å². The molecule has 4 rings (SSSR count). The van der Waals surface area contributed by atoms with Gasteiger partial charge in [-0.15, -0.1) is 11.3 Å². The minimum Gasteiger partial charge on any atom is -0.338 e. The zero-order valence-corrected chi connectivity index (χ0v) is 16.5. The van der Waals surface area contributed by atoms with Gasteiger partial charge in [-0.25, -0.2) is 4.98 Å². The van der Waals surface area contributed by atoms with Crippen LogP contribution in [0.4, 0.5) is 0 Å². The van der Waals surface area contributed by atoms with Crippen LogP contribution in [0.3, 0.4) is 0 Å². The van der Waals surface area contributed by atoms with Gasteiger partial charge >= 0.3 is 0 Å². The maximum Gasteiger partial charge on any atom is 0.277 e. The van der Waals surface area contributed by atoms with E-state index in [-0.39, 0.29) is 5.91 Å². The predicted molar refractivity (Wildman–Crippen MR) is 110 cm³/mol. The second kappa shape index (κ2) is 8.19. The number of para-hydroxylation sites is 1. The maximum absolute atomic E-state index is 12.6. The summed E-state index contributed by atoms with van der Waals surface area (Å²) in [7, 11) is 0. The third-order valence-electron chi connectivity index (χ3n) is 5.48. The molecule has 1 fully saturated rings. The molecular formula is C22H26N3OS+. The first-order valence-electron chi connectivity index (χ1n) is 9.72. The van der Waals surface area contributed by atoms with Crippen molar-refractivity contribution >= 4 is 27.5 Å². The molecule has 0 aliphatic carbocycles. The lowest BCUT2D eigenvalue weighted by Crippen LogP contribution is -2.87. The van der Waals surface area contributed by atoms with Crippen molar-refractivity contribution in [2.24, 2.45) is 0 Å². The van der Waals surface area contributed by atoms with Crippen LogP contribution >= 0.6 is 11.3 Å². The fourth-order valence-electron chi connectivity index (χ4n) is 3.74. The molecule has 140 valence electrons. The number of hydrogen-bond acceptors (Lipinski definition) is 3. The van der Waals surface area contributed by atoms with Gasteiger partial charge in [-0.05, 0) is 31.9 Å². The number of piperidine rings is 1. The number of carbonyl (C=O) groups excluding carboxylic acids is 1. The van der Waals surface area contributed by atoms with Crippen molar-refractivity contribution in [2.75, 3.05) is 19.6 Å². The smallest absolute Gasteiger partial charge is 0.277 e. The summed E-state index contributed by atoms with van der Waals surface area (Å²) in [5, 5.41) is 3.37. The van der Waals surface area contributed by atoms with Crippen molar-refractivity contribution in [2.45, 2.75) is 31.7 Å². The number of aromatic nitrogens is 1. The quantitative estimate of drug-likeness (QED) is 0.738. The Balaban J connectivity index is 1.29. The Labute approximate surface area is 164 Å². The SMILES string of the molecule is C[C@H]([NH2+]CC(=O)N1CCC(c2nc3ccccc3s2)CC1)c1ccccc1. The zero-order chi connectivity index (χ0) is 18.6. The molecule has 0 spiro atoms. The summed E-state index contributed by atoms with van der Waals surface area (Å²) < 4.78 is 1.26. The molecule has 3 aromatic rings. The molecule has 27 heavy (non-hydrogen) atoms. The number of amides is 1. The second-order valence-electron chi connectivity index (χ2n) is 7.31. The Hall–Kier alpha value is -2.24. The van der Waals surface area contributed by atoms with Crippen molar-refractivity contribution in [3.8, 4) is 0 Å². The molecule has 0 saturated carbocycles. The van der Waals surface area contributed by atoms with Gasteiger partial charge in [0.15, 0.2) is 6.54 Å². The van der Waals surface area contributed by atoms with Gasteiger partial charge in [0.05, 0.1) is 15.2 Å². The van der Waals surface area contributed by atoms with Gasteiger partial charge in [-0.1, -0.05) is 42.5 Å². The maximum atomic E-state index is 12.6. The van der Waals surface area contributed by atoms with Gasteiger partial charge in [-0.3, -0.25) is 4.79 Å². The number of fused-ring (bicyclic) bond motifs is 1. The standard InChI is InChI=1S/C22H25N3OS/c1-16(17-7-3-2-4-8-17)23-15-21(26)25-13-11-18(12-14-25)22-24-19-9-5-6-10-20(19)27-22/h2-10,16,18,23H,11-15H2,1H3/p+1/t16-/m0/s1. The van der Waals surface area contributed by atoms with Gasteiger partial charge < -0.3 is 10.2 Å². The highest BCUT2D eigenvalue weighted by Crippen LogP contribution is 2.33. The molecule has 1 amide bonds. The monoisotopic (exact) mass is 380 g/mol. The van der Waals surface area contributed by atoms with Crippen LogP contribution in [0, 0.1) is 0 Å². The average Bonchev–Trinajstić information content (AvgIpc) is 3.17. The van der Waals surface area contributed by atoms with E-state index in [1.807, 2.05) is 29.2 Å². The third kappa shape index (κ3) is 4.20. The van der Waals surface area contributed by atoms with Gasteiger partial charge in [0.25, 0.3) is 5.91 Å². The van der Waals surface area contributed by atoms with E-state index in [1.54, 1.807) is 11.3 Å². The first-order chi connectivity index (χ1) is 13.2. The number of benzene rings is 2. The van der Waals surface area contributed by atoms with Gasteiger partial charge in [0.1, 0.15) is 6.04 Å². The normalized spacial score (nSPS) is 16.6. The van der Waals surface area contributed by atoms with Crippen molar-refractivity contribution in [3.63, 3.8) is 0 Å². The van der Waals surface area contributed by atoms with Crippen molar-refractivity contribution < 1.29 is 10.1 Å². The van der Waals surface area contributed by atoms with Crippen LogP contribution in [0.2, 0.25) is 0 Å². The lowest BCUT2D eigenvalue weighted by Gasteiger charge is -2.30. The summed E-state index contributed by atoms with van der Waals surface area (Å²) in [6, 6.07) is 19.0. The topological polar surface area (TPSA) is 49.8 Å². The number of thiazole rings is 1. The Morgan fingerprint density at radius 1 is 1.15 bits per heavy atom. The highest BCUT2D eigenvalue weighted by molar-refractivity contribution is 7.18. The van der Waals surface area contributed by atoms with E-state index < -0.39 is 0 Å². The minimum atomic E-state index is 0.250. The predicted octanol–water partition coefficient (Wildman–Crippen LogP) is 3.33. The number of likely N-dealkylation sites (tertiary alicyclic amines) is 1. The number of rotatable bonds is 5. The highest BCUT2D eigenvalue weighted by Gasteiger charge is 2.26. The van der Waals surface area contributed by atoms with Crippen molar-refractivity contribution in [3.05, 3.63) is 65.2 Å². The molecule has 1 aliphatic rings. The number of hydrogen-bond donors (Lipinski definition) is 1. The summed E-state index contributed by atoms with van der Waals surface area (Å²) in [5.74, 6) is 0.735. The van der Waals surface area contributed by atoms with E-state index in [4.69, 9.17) is 4.98 Å². The van der Waals surface area contributed by atoms with E-state index in [9.17, 15) is 4.79 Å². The first kappa shape index (κ1) is 18.1. The fraction of sp³-hybridized carbons (Fsp3) is 0.364. The molecular weight excluding hydrogens is 354 g/mol. The number of nitrogens with zero attached hydrogens (tertiary/aromatic N) is 2. The highest BCUT2D eigenvalue weighted by atomic mass is 32.1. The van der Waals surface area contributed by atoms with Gasteiger partial charge in [0, 0.05) is 24.6 Å². The van der Waals surface area contributed by atoms with Crippen LogP contribution in [0.25, 0.3) is 10.2 Å². The largest absolute Gasteiger partial charge is 0.338 e. The molecule has 0 bridgehead atoms. The van der Waals surface area contributed by atoms with Crippen LogP contribution in [0.1, 0.15) is 42.3 Å². The van der Waals surface area contributed by atoms with Gasteiger partial charge in [-0.2, -0.15) is 0 Å². The molecule has 2 aromatic carbocycles. The molecule has 2 heterocycles. The molecule has 5 heteroatoms. The van der Waals surface area contributed by atoms with Crippen LogP contribution in [-0.4, -0.2) is 35.4 Å². The fourth-order valence-corrected chi connectivity index (χ4v) is 4.88. The molecule has 0 radical (unpaired) electrons. The van der Waals surface area contributed by atoms with Crippen LogP contribution in [-0.2, 0) is 4.79 Å². The van der Waals surface area contributed by atoms with Crippen molar-refractivity contribution in [1.29, 1.82) is 0 Å². The van der Waals surface area contributed by atoms with E-state index in [0.717, 1.165) is 31.4 Å². The van der Waals surface area contributed by atoms with Crippen LogP contribution < -0.4 is 5.32 Å². The number of carbonyl (C=O) groups is 1. The Bertz CT molecular complexity index is 867. The first-order valence-corrected chi connectivity index (χ1v) is 10.5. The molecule has 0 unspecified atom stereocenters. The van der Waals surface area contributed by atoms with E-state index in [0.29, 0.717) is 18.5 Å². The Morgan fingerprint density at radius 3 is 2.59 bits per heavy atom. The summed E-state index contributed by atoms with van der Waals surface area (Å²) in [4.78, 5) is 19.4.